The predicted octanol–water partition coefficient (Wildman–Crippen LogP) is 1.81. The Morgan fingerprint density at radius 2 is 1.96 bits per heavy atom. The SMILES string of the molecule is Cc1nc(C)n(CC2CCCN(Cc3nnc(C4CC4)n3C)C2)n1. The molecule has 0 amide bonds. The van der Waals surface area contributed by atoms with Gasteiger partial charge >= 0.3 is 0 Å². The van der Waals surface area contributed by atoms with E-state index in [1.165, 1.54) is 31.5 Å². The molecule has 3 heterocycles. The minimum atomic E-state index is 0.634. The summed E-state index contributed by atoms with van der Waals surface area (Å²) >= 11 is 0. The standard InChI is InChI=1S/C17H27N7/c1-12-18-13(2)24(21-12)10-14-5-4-8-23(9-14)11-16-19-20-17(22(16)3)15-6-7-15/h14-15H,4-11H2,1-3H3. The van der Waals surface area contributed by atoms with Gasteiger partial charge in [-0.3, -0.25) is 4.90 Å². The first-order valence-electron chi connectivity index (χ1n) is 9.08. The molecule has 0 aromatic carbocycles. The maximum absolute atomic E-state index is 4.52. The van der Waals surface area contributed by atoms with Crippen LogP contribution in [0.5, 0.6) is 0 Å². The van der Waals surface area contributed by atoms with Gasteiger partial charge in [0.05, 0.1) is 6.54 Å². The average molecular weight is 329 g/mol. The van der Waals surface area contributed by atoms with E-state index in [0.29, 0.717) is 11.8 Å². The van der Waals surface area contributed by atoms with Gasteiger partial charge in [-0.1, -0.05) is 0 Å². The third-order valence-corrected chi connectivity index (χ3v) is 5.30. The smallest absolute Gasteiger partial charge is 0.147 e. The Morgan fingerprint density at radius 1 is 1.12 bits per heavy atom. The van der Waals surface area contributed by atoms with Crippen LogP contribution < -0.4 is 0 Å². The van der Waals surface area contributed by atoms with Crippen molar-refractivity contribution in [2.75, 3.05) is 13.1 Å². The van der Waals surface area contributed by atoms with Crippen molar-refractivity contribution in [3.05, 3.63) is 23.3 Å². The minimum absolute atomic E-state index is 0.634. The lowest BCUT2D eigenvalue weighted by atomic mass is 9.98. The third-order valence-electron chi connectivity index (χ3n) is 5.30. The maximum Gasteiger partial charge on any atom is 0.147 e. The molecule has 2 aliphatic rings. The van der Waals surface area contributed by atoms with E-state index in [1.807, 2.05) is 13.8 Å². The number of hydrogen-bond donors (Lipinski definition) is 0. The highest BCUT2D eigenvalue weighted by Crippen LogP contribution is 2.38. The molecule has 24 heavy (non-hydrogen) atoms. The van der Waals surface area contributed by atoms with E-state index < -0.39 is 0 Å². The second-order valence-corrected chi connectivity index (χ2v) is 7.44. The zero-order valence-corrected chi connectivity index (χ0v) is 14.9. The fourth-order valence-electron chi connectivity index (χ4n) is 3.83. The molecule has 1 saturated heterocycles. The van der Waals surface area contributed by atoms with Crippen molar-refractivity contribution in [1.82, 2.24) is 34.4 Å². The molecule has 2 aromatic rings. The zero-order chi connectivity index (χ0) is 16.7. The second kappa shape index (κ2) is 6.27. The number of likely N-dealkylation sites (tertiary alicyclic amines) is 1. The van der Waals surface area contributed by atoms with Gasteiger partial charge in [-0.25, -0.2) is 9.67 Å². The number of piperidine rings is 1. The lowest BCUT2D eigenvalue weighted by Gasteiger charge is -2.32. The van der Waals surface area contributed by atoms with E-state index in [-0.39, 0.29) is 0 Å². The molecule has 1 aliphatic carbocycles. The highest BCUT2D eigenvalue weighted by atomic mass is 15.3. The van der Waals surface area contributed by atoms with Crippen LogP contribution in [-0.2, 0) is 20.1 Å². The molecule has 1 atom stereocenters. The normalized spacial score (nSPS) is 22.2. The van der Waals surface area contributed by atoms with Crippen LogP contribution in [0.15, 0.2) is 0 Å². The second-order valence-electron chi connectivity index (χ2n) is 7.44. The third kappa shape index (κ3) is 3.22. The molecule has 1 unspecified atom stereocenters. The molecule has 130 valence electrons. The van der Waals surface area contributed by atoms with Gasteiger partial charge in [0, 0.05) is 26.1 Å². The van der Waals surface area contributed by atoms with Crippen LogP contribution >= 0.6 is 0 Å². The van der Waals surface area contributed by atoms with Crippen LogP contribution in [0, 0.1) is 19.8 Å². The van der Waals surface area contributed by atoms with Gasteiger partial charge in [0.2, 0.25) is 0 Å². The molecule has 1 aliphatic heterocycles. The minimum Gasteiger partial charge on any atom is -0.317 e. The summed E-state index contributed by atoms with van der Waals surface area (Å²) < 4.78 is 4.28. The summed E-state index contributed by atoms with van der Waals surface area (Å²) in [6, 6.07) is 0. The fourth-order valence-corrected chi connectivity index (χ4v) is 3.83. The summed E-state index contributed by atoms with van der Waals surface area (Å²) in [7, 11) is 2.12. The summed E-state index contributed by atoms with van der Waals surface area (Å²) in [4.78, 5) is 6.94. The van der Waals surface area contributed by atoms with Crippen molar-refractivity contribution < 1.29 is 0 Å². The van der Waals surface area contributed by atoms with Crippen molar-refractivity contribution in [3.63, 3.8) is 0 Å². The van der Waals surface area contributed by atoms with Gasteiger partial charge in [-0.15, -0.1) is 10.2 Å². The Morgan fingerprint density at radius 3 is 2.67 bits per heavy atom. The zero-order valence-electron chi connectivity index (χ0n) is 14.9. The summed E-state index contributed by atoms with van der Waals surface area (Å²) in [5.41, 5.74) is 0. The van der Waals surface area contributed by atoms with Crippen LogP contribution in [0.3, 0.4) is 0 Å². The van der Waals surface area contributed by atoms with Gasteiger partial charge in [0.15, 0.2) is 0 Å². The van der Waals surface area contributed by atoms with Crippen molar-refractivity contribution in [3.8, 4) is 0 Å². The van der Waals surface area contributed by atoms with Gasteiger partial charge in [0.25, 0.3) is 0 Å². The highest BCUT2D eigenvalue weighted by Gasteiger charge is 2.30. The van der Waals surface area contributed by atoms with E-state index in [1.54, 1.807) is 0 Å². The number of hydrogen-bond acceptors (Lipinski definition) is 5. The van der Waals surface area contributed by atoms with E-state index in [2.05, 4.69) is 41.5 Å². The number of aromatic nitrogens is 6. The van der Waals surface area contributed by atoms with Crippen LogP contribution in [0.25, 0.3) is 0 Å². The first kappa shape index (κ1) is 15.7. The number of aryl methyl sites for hydroxylation is 2. The Balaban J connectivity index is 1.39. The van der Waals surface area contributed by atoms with Gasteiger partial charge in [-0.2, -0.15) is 5.10 Å². The lowest BCUT2D eigenvalue weighted by molar-refractivity contribution is 0.148. The fraction of sp³-hybridized carbons (Fsp3) is 0.765. The topological polar surface area (TPSA) is 64.7 Å². The first-order chi connectivity index (χ1) is 11.6. The quantitative estimate of drug-likeness (QED) is 0.837. The molecule has 2 fully saturated rings. The van der Waals surface area contributed by atoms with Crippen LogP contribution in [0.4, 0.5) is 0 Å². The van der Waals surface area contributed by atoms with Crippen molar-refractivity contribution in [2.45, 2.75) is 58.5 Å². The van der Waals surface area contributed by atoms with Crippen LogP contribution in [0.1, 0.15) is 54.9 Å². The first-order valence-corrected chi connectivity index (χ1v) is 9.08. The van der Waals surface area contributed by atoms with E-state index in [4.69, 9.17) is 0 Å². The van der Waals surface area contributed by atoms with E-state index in [0.717, 1.165) is 43.7 Å². The number of nitrogens with zero attached hydrogens (tertiary/aromatic N) is 7. The molecule has 0 radical (unpaired) electrons. The summed E-state index contributed by atoms with van der Waals surface area (Å²) in [6.45, 7) is 8.13. The molecule has 0 bridgehead atoms. The van der Waals surface area contributed by atoms with Gasteiger partial charge in [-0.05, 0) is 52.0 Å². The molecule has 7 heteroatoms. The number of rotatable bonds is 5. The Bertz CT molecular complexity index is 713. The van der Waals surface area contributed by atoms with Gasteiger partial charge in [0.1, 0.15) is 23.3 Å². The molecular weight excluding hydrogens is 302 g/mol. The monoisotopic (exact) mass is 329 g/mol. The summed E-state index contributed by atoms with van der Waals surface area (Å²) in [6.07, 6.45) is 5.05. The average Bonchev–Trinajstić information content (AvgIpc) is 3.25. The summed E-state index contributed by atoms with van der Waals surface area (Å²) in [5, 5.41) is 13.4. The van der Waals surface area contributed by atoms with Crippen LogP contribution in [-0.4, -0.2) is 47.5 Å². The van der Waals surface area contributed by atoms with Crippen molar-refractivity contribution >= 4 is 0 Å². The Hall–Kier alpha value is -1.76. The molecule has 4 rings (SSSR count). The van der Waals surface area contributed by atoms with E-state index in [9.17, 15) is 0 Å². The molecule has 0 spiro atoms. The van der Waals surface area contributed by atoms with E-state index >= 15 is 0 Å². The lowest BCUT2D eigenvalue weighted by Crippen LogP contribution is -2.37. The largest absolute Gasteiger partial charge is 0.317 e. The Labute approximate surface area is 143 Å². The maximum atomic E-state index is 4.52. The van der Waals surface area contributed by atoms with Gasteiger partial charge < -0.3 is 4.57 Å². The molecular formula is C17H27N7. The van der Waals surface area contributed by atoms with Crippen molar-refractivity contribution in [2.24, 2.45) is 13.0 Å². The van der Waals surface area contributed by atoms with Crippen molar-refractivity contribution in [1.29, 1.82) is 0 Å². The molecule has 1 saturated carbocycles. The molecule has 2 aromatic heterocycles. The highest BCUT2D eigenvalue weighted by molar-refractivity contribution is 5.07. The summed E-state index contributed by atoms with van der Waals surface area (Å²) in [5.74, 6) is 5.45. The predicted molar refractivity (Wildman–Crippen MR) is 90.5 cm³/mol. The molecule has 0 N–H and O–H groups in total. The molecule has 7 nitrogen and oxygen atoms in total. The van der Waals surface area contributed by atoms with Crippen LogP contribution in [0.2, 0.25) is 0 Å². The Kier molecular flexibility index (Phi) is 4.12.